The van der Waals surface area contributed by atoms with E-state index in [1.807, 2.05) is 61.5 Å². The van der Waals surface area contributed by atoms with Gasteiger partial charge in [-0.2, -0.15) is 0 Å². The summed E-state index contributed by atoms with van der Waals surface area (Å²) in [6, 6.07) is 38.6. The van der Waals surface area contributed by atoms with Crippen molar-refractivity contribution in [3.63, 3.8) is 0 Å². The lowest BCUT2D eigenvalue weighted by atomic mass is 9.77. The molecule has 274 valence electrons. The maximum Gasteiger partial charge on any atom is 0.229 e. The molecule has 5 aromatic carbocycles. The lowest BCUT2D eigenvalue weighted by Crippen LogP contribution is -2.62. The van der Waals surface area contributed by atoms with Crippen molar-refractivity contribution in [1.29, 1.82) is 0 Å². The molecule has 8 nitrogen and oxygen atoms in total. The average Bonchev–Trinajstić information content (AvgIpc) is 3.51. The molecule has 6 heterocycles. The first-order valence-electron chi connectivity index (χ1n) is 19.2. The number of hydrogen-bond donors (Lipinski definition) is 0. The number of para-hydroxylation sites is 2. The third-order valence-corrected chi connectivity index (χ3v) is 12.8. The van der Waals surface area contributed by atoms with E-state index in [0.717, 1.165) is 55.8 Å². The highest BCUT2D eigenvalue weighted by molar-refractivity contribution is 6.00. The van der Waals surface area contributed by atoms with Crippen LogP contribution in [-0.2, 0) is 23.9 Å². The maximum atomic E-state index is 7.16. The molecule has 2 aromatic heterocycles. The van der Waals surface area contributed by atoms with Crippen molar-refractivity contribution in [2.75, 3.05) is 9.80 Å². The van der Waals surface area contributed by atoms with E-state index in [-0.39, 0.29) is 0 Å². The standard InChI is InChI=1S/C48H40N6O2/c1-45(2)37-9-5-7-11-39(37)53(47(45)29-51-43-35-25-49-23-21-33(35)17-19-41(43)55-47)27-31-13-15-32(16-14-31)28-54-40-12-8-6-10-38(40)46(3,4)48(54)30-52-44-36-26-50-24-22-34(36)18-20-42(44)56-48/h5-26,29-30H,27-28H2,1-4H3. The first-order chi connectivity index (χ1) is 27.2. The number of hydrogen-bond acceptors (Lipinski definition) is 8. The molecule has 0 aliphatic carbocycles. The molecule has 2 spiro atoms. The third kappa shape index (κ3) is 4.35. The van der Waals surface area contributed by atoms with E-state index < -0.39 is 22.3 Å². The minimum Gasteiger partial charge on any atom is -0.459 e. The molecule has 7 aromatic rings. The van der Waals surface area contributed by atoms with Crippen molar-refractivity contribution < 1.29 is 9.47 Å². The first-order valence-corrected chi connectivity index (χ1v) is 19.2. The third-order valence-electron chi connectivity index (χ3n) is 12.8. The minimum atomic E-state index is -0.842. The summed E-state index contributed by atoms with van der Waals surface area (Å²) in [5, 5.41) is 4.15. The maximum absolute atomic E-state index is 7.16. The van der Waals surface area contributed by atoms with Crippen LogP contribution in [0.4, 0.5) is 22.7 Å². The Morgan fingerprint density at radius 2 is 0.929 bits per heavy atom. The van der Waals surface area contributed by atoms with E-state index >= 15 is 0 Å². The van der Waals surface area contributed by atoms with E-state index in [2.05, 4.69) is 132 Å². The van der Waals surface area contributed by atoms with Gasteiger partial charge in [0.2, 0.25) is 11.4 Å². The fraction of sp³-hybridized carbons (Fsp3) is 0.208. The van der Waals surface area contributed by atoms with Gasteiger partial charge < -0.3 is 19.3 Å². The largest absolute Gasteiger partial charge is 0.459 e. The lowest BCUT2D eigenvalue weighted by Gasteiger charge is -2.46. The number of aromatic nitrogens is 2. The first kappa shape index (κ1) is 32.9. The van der Waals surface area contributed by atoms with E-state index in [0.29, 0.717) is 13.1 Å². The lowest BCUT2D eigenvalue weighted by molar-refractivity contribution is 0.0762. The van der Waals surface area contributed by atoms with Gasteiger partial charge in [-0.1, -0.05) is 72.8 Å². The number of benzene rings is 5. The molecule has 0 radical (unpaired) electrons. The Morgan fingerprint density at radius 3 is 1.38 bits per heavy atom. The number of rotatable bonds is 4. The van der Waals surface area contributed by atoms with Crippen molar-refractivity contribution >= 4 is 56.7 Å². The van der Waals surface area contributed by atoms with Gasteiger partial charge in [0, 0.05) is 60.0 Å². The quantitative estimate of drug-likeness (QED) is 0.179. The second-order valence-corrected chi connectivity index (χ2v) is 16.4. The molecule has 0 saturated heterocycles. The molecule has 0 amide bonds. The average molecular weight is 733 g/mol. The summed E-state index contributed by atoms with van der Waals surface area (Å²) in [6.07, 6.45) is 11.4. The number of aliphatic imine (C=N–C) groups is 2. The van der Waals surface area contributed by atoms with Crippen molar-refractivity contribution in [2.45, 2.75) is 63.1 Å². The van der Waals surface area contributed by atoms with Crippen molar-refractivity contribution in [3.8, 4) is 11.5 Å². The molecule has 0 fully saturated rings. The highest BCUT2D eigenvalue weighted by Gasteiger charge is 2.61. The smallest absolute Gasteiger partial charge is 0.229 e. The summed E-state index contributed by atoms with van der Waals surface area (Å²) in [7, 11) is 0. The number of ether oxygens (including phenoxy) is 2. The zero-order valence-electron chi connectivity index (χ0n) is 31.8. The topological polar surface area (TPSA) is 75.4 Å². The molecule has 2 unspecified atom stereocenters. The summed E-state index contributed by atoms with van der Waals surface area (Å²) < 4.78 is 14.3. The minimum absolute atomic E-state index is 0.401. The summed E-state index contributed by atoms with van der Waals surface area (Å²) in [5.41, 5.74) is 6.26. The second-order valence-electron chi connectivity index (χ2n) is 16.4. The van der Waals surface area contributed by atoms with Crippen molar-refractivity contribution in [2.24, 2.45) is 9.98 Å². The zero-order valence-corrected chi connectivity index (χ0v) is 31.8. The van der Waals surface area contributed by atoms with Gasteiger partial charge in [-0.05, 0) is 97.1 Å². The Morgan fingerprint density at radius 1 is 0.500 bits per heavy atom. The number of nitrogens with zero attached hydrogens (tertiary/aromatic N) is 6. The Labute approximate surface area is 325 Å². The normalized spacial score (nSPS) is 21.9. The molecule has 0 N–H and O–H groups in total. The van der Waals surface area contributed by atoms with Crippen LogP contribution in [0.3, 0.4) is 0 Å². The van der Waals surface area contributed by atoms with E-state index in [9.17, 15) is 0 Å². The van der Waals surface area contributed by atoms with Crippen LogP contribution in [0.15, 0.2) is 144 Å². The van der Waals surface area contributed by atoms with Crippen molar-refractivity contribution in [1.82, 2.24) is 9.97 Å². The summed E-state index contributed by atoms with van der Waals surface area (Å²) in [5.74, 6) is 1.52. The van der Waals surface area contributed by atoms with Gasteiger partial charge in [-0.3, -0.25) is 20.0 Å². The SMILES string of the molecule is CC1(C)c2ccccc2N(Cc2ccc(CN3c4ccccc4C(C)(C)C34C=Nc3c(ccc5ccncc35)O4)cc2)C12C=Nc1c(ccc3ccncc13)O2. The Kier molecular flexibility index (Phi) is 6.74. The summed E-state index contributed by atoms with van der Waals surface area (Å²) in [4.78, 5) is 23.8. The molecule has 4 aliphatic rings. The van der Waals surface area contributed by atoms with Crippen LogP contribution in [0.25, 0.3) is 21.5 Å². The van der Waals surface area contributed by atoms with Gasteiger partial charge in [-0.25, -0.2) is 0 Å². The van der Waals surface area contributed by atoms with E-state index in [1.54, 1.807) is 0 Å². The Balaban J connectivity index is 0.938. The van der Waals surface area contributed by atoms with Crippen LogP contribution in [0, 0.1) is 0 Å². The van der Waals surface area contributed by atoms with Gasteiger partial charge in [0.25, 0.3) is 0 Å². The molecule has 56 heavy (non-hydrogen) atoms. The van der Waals surface area contributed by atoms with Gasteiger partial charge in [0.05, 0.1) is 23.3 Å². The fourth-order valence-corrected chi connectivity index (χ4v) is 9.62. The Bertz CT molecular complexity index is 2620. The summed E-state index contributed by atoms with van der Waals surface area (Å²) in [6.45, 7) is 10.3. The molecular formula is C48H40N6O2. The predicted molar refractivity (Wildman–Crippen MR) is 224 cm³/mol. The molecule has 2 atom stereocenters. The van der Waals surface area contributed by atoms with Gasteiger partial charge in [0.15, 0.2) is 0 Å². The van der Waals surface area contributed by atoms with Gasteiger partial charge in [-0.15, -0.1) is 0 Å². The number of anilines is 2. The Hall–Kier alpha value is -6.54. The highest BCUT2D eigenvalue weighted by atomic mass is 16.5. The monoisotopic (exact) mass is 732 g/mol. The van der Waals surface area contributed by atoms with Crippen LogP contribution in [0.5, 0.6) is 11.5 Å². The molecule has 8 heteroatoms. The number of fused-ring (bicyclic) bond motifs is 8. The van der Waals surface area contributed by atoms with Crippen LogP contribution >= 0.6 is 0 Å². The fourth-order valence-electron chi connectivity index (χ4n) is 9.62. The van der Waals surface area contributed by atoms with Crippen LogP contribution < -0.4 is 19.3 Å². The molecule has 4 aliphatic heterocycles. The van der Waals surface area contributed by atoms with Crippen LogP contribution in [0.2, 0.25) is 0 Å². The van der Waals surface area contributed by atoms with Crippen LogP contribution in [0.1, 0.15) is 49.9 Å². The number of pyridine rings is 2. The van der Waals surface area contributed by atoms with Gasteiger partial charge >= 0.3 is 0 Å². The second kappa shape index (κ2) is 11.5. The molecule has 0 bridgehead atoms. The zero-order chi connectivity index (χ0) is 37.9. The predicted octanol–water partition coefficient (Wildman–Crippen LogP) is 10.4. The highest BCUT2D eigenvalue weighted by Crippen LogP contribution is 2.57. The molecule has 0 saturated carbocycles. The van der Waals surface area contributed by atoms with Crippen molar-refractivity contribution in [3.05, 3.63) is 156 Å². The molecule has 11 rings (SSSR count). The van der Waals surface area contributed by atoms with E-state index in [4.69, 9.17) is 19.5 Å². The van der Waals surface area contributed by atoms with E-state index in [1.165, 1.54) is 22.3 Å². The van der Waals surface area contributed by atoms with Gasteiger partial charge in [0.1, 0.15) is 22.9 Å². The van der Waals surface area contributed by atoms with Crippen LogP contribution in [-0.4, -0.2) is 33.8 Å². The summed E-state index contributed by atoms with van der Waals surface area (Å²) >= 11 is 0. The molecular weight excluding hydrogens is 693 g/mol.